The Kier molecular flexibility index (Phi) is 6.84. The zero-order chi connectivity index (χ0) is 14.3. The predicted molar refractivity (Wildman–Crippen MR) is 79.3 cm³/mol. The van der Waals surface area contributed by atoms with Crippen LogP contribution in [0.15, 0.2) is 24.3 Å². The Morgan fingerprint density at radius 1 is 1.32 bits per heavy atom. The van der Waals surface area contributed by atoms with Crippen LogP contribution >= 0.6 is 11.6 Å². The van der Waals surface area contributed by atoms with Gasteiger partial charge in [0.25, 0.3) is 0 Å². The number of amides is 1. The van der Waals surface area contributed by atoms with Crippen LogP contribution in [0, 0.1) is 0 Å². The van der Waals surface area contributed by atoms with Crippen LogP contribution in [0.5, 0.6) is 0 Å². The van der Waals surface area contributed by atoms with Gasteiger partial charge in [0, 0.05) is 24.7 Å². The number of hydrogen-bond acceptors (Lipinski definition) is 3. The van der Waals surface area contributed by atoms with Gasteiger partial charge in [-0.15, -0.1) is 0 Å². The molecule has 0 unspecified atom stereocenters. The Morgan fingerprint density at radius 3 is 2.63 bits per heavy atom. The van der Waals surface area contributed by atoms with Crippen molar-refractivity contribution in [3.8, 4) is 0 Å². The van der Waals surface area contributed by atoms with E-state index in [1.54, 1.807) is 7.05 Å². The minimum Gasteiger partial charge on any atom is -0.336 e. The number of benzene rings is 1. The third-order valence-corrected chi connectivity index (χ3v) is 3.00. The van der Waals surface area contributed by atoms with Crippen molar-refractivity contribution in [3.05, 3.63) is 34.9 Å². The zero-order valence-electron chi connectivity index (χ0n) is 11.8. The topological polar surface area (TPSA) is 35.6 Å². The summed E-state index contributed by atoms with van der Waals surface area (Å²) in [6.07, 6.45) is 0. The average Bonchev–Trinajstić information content (AvgIpc) is 2.34. The molecular weight excluding hydrogens is 262 g/mol. The molecule has 0 aromatic heterocycles. The van der Waals surface area contributed by atoms with Gasteiger partial charge in [-0.3, -0.25) is 4.79 Å². The van der Waals surface area contributed by atoms with Crippen LogP contribution in [0.1, 0.15) is 5.56 Å². The summed E-state index contributed by atoms with van der Waals surface area (Å²) in [6.45, 7) is 2.50. The van der Waals surface area contributed by atoms with E-state index in [1.807, 2.05) is 43.3 Å². The van der Waals surface area contributed by atoms with Crippen molar-refractivity contribution in [2.45, 2.75) is 6.54 Å². The van der Waals surface area contributed by atoms with Gasteiger partial charge >= 0.3 is 0 Å². The average molecular weight is 284 g/mol. The van der Waals surface area contributed by atoms with E-state index in [1.165, 1.54) is 0 Å². The summed E-state index contributed by atoms with van der Waals surface area (Å²) in [5.41, 5.74) is 1.05. The first-order valence-electron chi connectivity index (χ1n) is 6.34. The Balaban J connectivity index is 2.69. The van der Waals surface area contributed by atoms with Gasteiger partial charge in [0.15, 0.2) is 0 Å². The predicted octanol–water partition coefficient (Wildman–Crippen LogP) is 1.45. The molecule has 19 heavy (non-hydrogen) atoms. The lowest BCUT2D eigenvalue weighted by Crippen LogP contribution is -2.40. The minimum absolute atomic E-state index is 0.101. The maximum Gasteiger partial charge on any atom is 0.236 e. The molecule has 1 rings (SSSR count). The second-order valence-electron chi connectivity index (χ2n) is 4.78. The molecule has 1 N–H and O–H groups in total. The van der Waals surface area contributed by atoms with Gasteiger partial charge in [-0.1, -0.05) is 23.7 Å². The normalized spacial score (nSPS) is 10.8. The highest BCUT2D eigenvalue weighted by Gasteiger charge is 2.13. The van der Waals surface area contributed by atoms with Crippen molar-refractivity contribution in [3.63, 3.8) is 0 Å². The SMILES string of the molecule is CNCC(=O)N(CCN(C)C)Cc1cccc(Cl)c1. The van der Waals surface area contributed by atoms with Crippen molar-refractivity contribution >= 4 is 17.5 Å². The Bertz CT molecular complexity index is 409. The van der Waals surface area contributed by atoms with E-state index in [-0.39, 0.29) is 5.91 Å². The maximum absolute atomic E-state index is 12.1. The molecule has 0 saturated heterocycles. The Hall–Kier alpha value is -1.10. The zero-order valence-corrected chi connectivity index (χ0v) is 12.6. The smallest absolute Gasteiger partial charge is 0.236 e. The lowest BCUT2D eigenvalue weighted by Gasteiger charge is -2.24. The largest absolute Gasteiger partial charge is 0.336 e. The van der Waals surface area contributed by atoms with Crippen molar-refractivity contribution in [2.24, 2.45) is 0 Å². The van der Waals surface area contributed by atoms with Crippen LogP contribution in [0.25, 0.3) is 0 Å². The van der Waals surface area contributed by atoms with E-state index < -0.39 is 0 Å². The molecule has 0 spiro atoms. The number of rotatable bonds is 7. The first-order valence-corrected chi connectivity index (χ1v) is 6.72. The number of nitrogens with zero attached hydrogens (tertiary/aromatic N) is 2. The quantitative estimate of drug-likeness (QED) is 0.823. The summed E-state index contributed by atoms with van der Waals surface area (Å²) >= 11 is 5.97. The summed E-state index contributed by atoms with van der Waals surface area (Å²) in [5, 5.41) is 3.60. The van der Waals surface area contributed by atoms with Gasteiger partial charge in [-0.2, -0.15) is 0 Å². The molecule has 5 heteroatoms. The van der Waals surface area contributed by atoms with E-state index in [0.29, 0.717) is 24.7 Å². The van der Waals surface area contributed by atoms with Gasteiger partial charge < -0.3 is 15.1 Å². The second kappa shape index (κ2) is 8.15. The van der Waals surface area contributed by atoms with Crippen molar-refractivity contribution in [2.75, 3.05) is 40.8 Å². The molecule has 1 aromatic carbocycles. The van der Waals surface area contributed by atoms with Gasteiger partial charge in [0.1, 0.15) is 0 Å². The molecule has 4 nitrogen and oxygen atoms in total. The van der Waals surface area contributed by atoms with Crippen LogP contribution in [-0.2, 0) is 11.3 Å². The van der Waals surface area contributed by atoms with E-state index in [4.69, 9.17) is 11.6 Å². The van der Waals surface area contributed by atoms with E-state index in [2.05, 4.69) is 10.2 Å². The standard InChI is InChI=1S/C14H22ClN3O/c1-16-10-14(19)18(8-7-17(2)3)11-12-5-4-6-13(15)9-12/h4-6,9,16H,7-8,10-11H2,1-3H3. The Morgan fingerprint density at radius 2 is 2.05 bits per heavy atom. The fourth-order valence-electron chi connectivity index (χ4n) is 1.73. The molecule has 0 atom stereocenters. The third kappa shape index (κ3) is 6.05. The fourth-order valence-corrected chi connectivity index (χ4v) is 1.94. The van der Waals surface area contributed by atoms with E-state index >= 15 is 0 Å². The number of hydrogen-bond donors (Lipinski definition) is 1. The second-order valence-corrected chi connectivity index (χ2v) is 5.22. The molecule has 0 bridgehead atoms. The number of carbonyl (C=O) groups excluding carboxylic acids is 1. The lowest BCUT2D eigenvalue weighted by atomic mass is 10.2. The molecule has 0 radical (unpaired) electrons. The number of likely N-dealkylation sites (N-methyl/N-ethyl adjacent to an activating group) is 2. The Labute approximate surface area is 120 Å². The van der Waals surface area contributed by atoms with Crippen molar-refractivity contribution < 1.29 is 4.79 Å². The summed E-state index contributed by atoms with van der Waals surface area (Å²) < 4.78 is 0. The number of nitrogens with one attached hydrogen (secondary N) is 1. The highest BCUT2D eigenvalue weighted by Crippen LogP contribution is 2.12. The molecule has 1 aromatic rings. The molecule has 0 aliphatic heterocycles. The van der Waals surface area contributed by atoms with Gasteiger partial charge in [-0.05, 0) is 38.8 Å². The summed E-state index contributed by atoms with van der Waals surface area (Å²) in [6, 6.07) is 7.63. The van der Waals surface area contributed by atoms with Gasteiger partial charge in [-0.25, -0.2) is 0 Å². The monoisotopic (exact) mass is 283 g/mol. The van der Waals surface area contributed by atoms with Crippen LogP contribution in [0.4, 0.5) is 0 Å². The summed E-state index contributed by atoms with van der Waals surface area (Å²) in [5.74, 6) is 0.101. The van der Waals surface area contributed by atoms with Crippen LogP contribution < -0.4 is 5.32 Å². The van der Waals surface area contributed by atoms with Crippen molar-refractivity contribution in [1.82, 2.24) is 15.1 Å². The van der Waals surface area contributed by atoms with Crippen LogP contribution in [0.3, 0.4) is 0 Å². The minimum atomic E-state index is 0.101. The van der Waals surface area contributed by atoms with Crippen molar-refractivity contribution in [1.29, 1.82) is 0 Å². The first-order chi connectivity index (χ1) is 9.02. The van der Waals surface area contributed by atoms with Gasteiger partial charge in [0.2, 0.25) is 5.91 Å². The third-order valence-electron chi connectivity index (χ3n) is 2.76. The van der Waals surface area contributed by atoms with Crippen LogP contribution in [-0.4, -0.2) is 56.5 Å². The van der Waals surface area contributed by atoms with Crippen LogP contribution in [0.2, 0.25) is 5.02 Å². The lowest BCUT2D eigenvalue weighted by molar-refractivity contribution is -0.130. The molecule has 1 amide bonds. The molecule has 0 aliphatic rings. The molecule has 0 heterocycles. The maximum atomic E-state index is 12.1. The fraction of sp³-hybridized carbons (Fsp3) is 0.500. The molecule has 0 saturated carbocycles. The molecule has 106 valence electrons. The summed E-state index contributed by atoms with van der Waals surface area (Å²) in [4.78, 5) is 16.0. The highest BCUT2D eigenvalue weighted by atomic mass is 35.5. The first kappa shape index (κ1) is 16.0. The van der Waals surface area contributed by atoms with E-state index in [0.717, 1.165) is 12.1 Å². The molecule has 0 aliphatic carbocycles. The molecular formula is C14H22ClN3O. The van der Waals surface area contributed by atoms with Gasteiger partial charge in [0.05, 0.1) is 6.54 Å². The highest BCUT2D eigenvalue weighted by molar-refractivity contribution is 6.30. The summed E-state index contributed by atoms with van der Waals surface area (Å²) in [7, 11) is 5.78. The number of carbonyl (C=O) groups is 1. The molecule has 0 fully saturated rings. The number of halogens is 1. The van der Waals surface area contributed by atoms with E-state index in [9.17, 15) is 4.79 Å².